The van der Waals surface area contributed by atoms with E-state index in [9.17, 15) is 5.11 Å². The summed E-state index contributed by atoms with van der Waals surface area (Å²) < 4.78 is 11.9. The van der Waals surface area contributed by atoms with Crippen LogP contribution < -0.4 is 9.47 Å². The minimum atomic E-state index is -0.677. The summed E-state index contributed by atoms with van der Waals surface area (Å²) in [6.07, 6.45) is 39.7. The fourth-order valence-corrected chi connectivity index (χ4v) is 6.11. The summed E-state index contributed by atoms with van der Waals surface area (Å²) >= 11 is 0. The monoisotopic (exact) mass is 661 g/mol. The number of hydrogen-bond donors (Lipinski definition) is 1. The van der Waals surface area contributed by atoms with Crippen molar-refractivity contribution in [2.45, 2.75) is 174 Å². The van der Waals surface area contributed by atoms with Crippen LogP contribution in [0.4, 0.5) is 0 Å². The topological polar surface area (TPSA) is 38.7 Å². The van der Waals surface area contributed by atoms with E-state index in [1.807, 2.05) is 12.1 Å². The number of ether oxygens (including phenoxy) is 2. The molecular weight excluding hydrogens is 588 g/mol. The number of hydrogen-bond acceptors (Lipinski definition) is 3. The Bertz CT molecular complexity index is 974. The van der Waals surface area contributed by atoms with E-state index < -0.39 is 6.10 Å². The quantitative estimate of drug-likeness (QED) is 0.0627. The standard InChI is InChI=1S/C45H72O3/c1-3-5-7-9-11-13-15-17-19-21-23-25-27-31-41-33-29-35-44(37-41)47-39-43(46)40-48-45-36-30-34-42(38-45)32-28-26-24-22-20-18-16-14-12-10-8-6-4-2/h13-16,29-30,33-38,43,46H,3-12,17-28,31-32,39-40H2,1-2H3/b15-13+,16-14+. The average molecular weight is 661 g/mol. The molecule has 0 aliphatic heterocycles. The first-order chi connectivity index (χ1) is 23.7. The molecule has 0 unspecified atom stereocenters. The van der Waals surface area contributed by atoms with Crippen molar-refractivity contribution in [2.24, 2.45) is 0 Å². The van der Waals surface area contributed by atoms with Crippen LogP contribution in [0, 0.1) is 0 Å². The predicted molar refractivity (Wildman–Crippen MR) is 208 cm³/mol. The first kappa shape index (κ1) is 41.7. The maximum absolute atomic E-state index is 10.5. The van der Waals surface area contributed by atoms with E-state index >= 15 is 0 Å². The first-order valence-electron chi connectivity index (χ1n) is 20.1. The van der Waals surface area contributed by atoms with Crippen molar-refractivity contribution < 1.29 is 14.6 Å². The smallest absolute Gasteiger partial charge is 0.122 e. The largest absolute Gasteiger partial charge is 0.491 e. The lowest BCUT2D eigenvalue weighted by atomic mass is 10.0. The molecule has 0 bridgehead atoms. The van der Waals surface area contributed by atoms with Gasteiger partial charge in [-0.25, -0.2) is 0 Å². The van der Waals surface area contributed by atoms with Gasteiger partial charge in [-0.1, -0.05) is 139 Å². The van der Waals surface area contributed by atoms with Gasteiger partial charge in [-0.05, 0) is 112 Å². The Morgan fingerprint density at radius 1 is 0.479 bits per heavy atom. The van der Waals surface area contributed by atoms with Crippen molar-refractivity contribution in [3.63, 3.8) is 0 Å². The molecule has 0 atom stereocenters. The highest BCUT2D eigenvalue weighted by Crippen LogP contribution is 2.19. The van der Waals surface area contributed by atoms with Crippen LogP contribution in [0.5, 0.6) is 11.5 Å². The molecule has 0 spiro atoms. The van der Waals surface area contributed by atoms with E-state index in [0.29, 0.717) is 0 Å². The van der Waals surface area contributed by atoms with Gasteiger partial charge in [0.1, 0.15) is 30.8 Å². The number of benzene rings is 2. The Labute approximate surface area is 296 Å². The normalized spacial score (nSPS) is 11.8. The number of rotatable bonds is 32. The molecule has 1 N–H and O–H groups in total. The molecule has 2 aromatic rings. The Balaban J connectivity index is 1.50. The molecule has 0 amide bonds. The van der Waals surface area contributed by atoms with Crippen molar-refractivity contribution >= 4 is 0 Å². The Kier molecular flexibility index (Phi) is 26.5. The molecular formula is C45H72O3. The molecule has 0 heterocycles. The lowest BCUT2D eigenvalue weighted by Crippen LogP contribution is -2.25. The van der Waals surface area contributed by atoms with Gasteiger partial charge in [-0.2, -0.15) is 0 Å². The highest BCUT2D eigenvalue weighted by molar-refractivity contribution is 5.29. The molecule has 0 saturated heterocycles. The predicted octanol–water partition coefficient (Wildman–Crippen LogP) is 13.3. The van der Waals surface area contributed by atoms with E-state index in [1.54, 1.807) is 0 Å². The van der Waals surface area contributed by atoms with Gasteiger partial charge in [0, 0.05) is 0 Å². The summed E-state index contributed by atoms with van der Waals surface area (Å²) in [6.45, 7) is 4.99. The fraction of sp³-hybridized carbons (Fsp3) is 0.644. The first-order valence-corrected chi connectivity index (χ1v) is 20.1. The highest BCUT2D eigenvalue weighted by atomic mass is 16.5. The minimum absolute atomic E-state index is 0.227. The molecule has 2 aromatic carbocycles. The van der Waals surface area contributed by atoms with Crippen LogP contribution in [0.25, 0.3) is 0 Å². The van der Waals surface area contributed by atoms with Gasteiger partial charge in [0.05, 0.1) is 0 Å². The second-order valence-corrected chi connectivity index (χ2v) is 13.8. The van der Waals surface area contributed by atoms with Crippen LogP contribution in [0.2, 0.25) is 0 Å². The van der Waals surface area contributed by atoms with Gasteiger partial charge in [0.25, 0.3) is 0 Å². The van der Waals surface area contributed by atoms with Gasteiger partial charge in [0.15, 0.2) is 0 Å². The third kappa shape index (κ3) is 23.7. The molecule has 2 rings (SSSR count). The van der Waals surface area contributed by atoms with Crippen LogP contribution in [0.1, 0.15) is 166 Å². The molecule has 0 radical (unpaired) electrons. The van der Waals surface area contributed by atoms with Gasteiger partial charge < -0.3 is 14.6 Å². The molecule has 48 heavy (non-hydrogen) atoms. The number of aliphatic hydroxyl groups excluding tert-OH is 1. The van der Waals surface area contributed by atoms with Crippen LogP contribution in [-0.2, 0) is 12.8 Å². The SMILES string of the molecule is CCCCCC/C=C/CCCCCCCc1cccc(OCC(O)COc2cccc(CCCCCCC/C=C/CCCCCC)c2)c1. The number of allylic oxidation sites excluding steroid dienone is 4. The Morgan fingerprint density at radius 2 is 0.833 bits per heavy atom. The van der Waals surface area contributed by atoms with Crippen LogP contribution in [-0.4, -0.2) is 24.4 Å². The second-order valence-electron chi connectivity index (χ2n) is 13.8. The zero-order valence-corrected chi connectivity index (χ0v) is 31.2. The number of aliphatic hydroxyl groups is 1. The van der Waals surface area contributed by atoms with Gasteiger partial charge >= 0.3 is 0 Å². The summed E-state index contributed by atoms with van der Waals surface area (Å²) in [7, 11) is 0. The lowest BCUT2D eigenvalue weighted by Gasteiger charge is -2.15. The molecule has 3 nitrogen and oxygen atoms in total. The second kappa shape index (κ2) is 30.5. The molecule has 0 aromatic heterocycles. The Hall–Kier alpha value is -2.52. The van der Waals surface area contributed by atoms with Crippen molar-refractivity contribution in [2.75, 3.05) is 13.2 Å². The van der Waals surface area contributed by atoms with Crippen LogP contribution in [0.3, 0.4) is 0 Å². The molecule has 0 fully saturated rings. The van der Waals surface area contributed by atoms with Crippen molar-refractivity contribution in [3.05, 3.63) is 84.0 Å². The summed E-state index contributed by atoms with van der Waals surface area (Å²) in [5, 5.41) is 10.5. The summed E-state index contributed by atoms with van der Waals surface area (Å²) in [4.78, 5) is 0. The van der Waals surface area contributed by atoms with E-state index in [0.717, 1.165) is 24.3 Å². The molecule has 3 heteroatoms. The summed E-state index contributed by atoms with van der Waals surface area (Å²) in [6, 6.07) is 16.7. The minimum Gasteiger partial charge on any atom is -0.491 e. The maximum Gasteiger partial charge on any atom is 0.122 e. The molecule has 0 aliphatic rings. The molecule has 0 aliphatic carbocycles. The van der Waals surface area contributed by atoms with Crippen molar-refractivity contribution in [3.8, 4) is 11.5 Å². The summed E-state index contributed by atoms with van der Waals surface area (Å²) in [5.41, 5.74) is 2.61. The number of aryl methyl sites for hydroxylation is 2. The van der Waals surface area contributed by atoms with E-state index in [2.05, 4.69) is 74.5 Å². The van der Waals surface area contributed by atoms with Gasteiger partial charge in [-0.3, -0.25) is 0 Å². The average Bonchev–Trinajstić information content (AvgIpc) is 3.11. The van der Waals surface area contributed by atoms with Crippen LogP contribution >= 0.6 is 0 Å². The fourth-order valence-electron chi connectivity index (χ4n) is 6.11. The summed E-state index contributed by atoms with van der Waals surface area (Å²) in [5.74, 6) is 1.65. The van der Waals surface area contributed by atoms with E-state index in [4.69, 9.17) is 9.47 Å². The van der Waals surface area contributed by atoms with Crippen LogP contribution in [0.15, 0.2) is 72.8 Å². The number of unbranched alkanes of at least 4 members (excludes halogenated alkanes) is 18. The van der Waals surface area contributed by atoms with Crippen molar-refractivity contribution in [1.82, 2.24) is 0 Å². The van der Waals surface area contributed by atoms with Gasteiger partial charge in [-0.15, -0.1) is 0 Å². The van der Waals surface area contributed by atoms with Gasteiger partial charge in [0.2, 0.25) is 0 Å². The Morgan fingerprint density at radius 3 is 1.23 bits per heavy atom. The van der Waals surface area contributed by atoms with E-state index in [-0.39, 0.29) is 13.2 Å². The van der Waals surface area contributed by atoms with Crippen molar-refractivity contribution in [1.29, 1.82) is 0 Å². The zero-order valence-electron chi connectivity index (χ0n) is 31.2. The lowest BCUT2D eigenvalue weighted by molar-refractivity contribution is 0.0626. The molecule has 0 saturated carbocycles. The third-order valence-corrected chi connectivity index (χ3v) is 9.14. The maximum atomic E-state index is 10.5. The zero-order chi connectivity index (χ0) is 34.2. The van der Waals surface area contributed by atoms with E-state index in [1.165, 1.54) is 152 Å². The molecule has 270 valence electrons. The highest BCUT2D eigenvalue weighted by Gasteiger charge is 2.08. The third-order valence-electron chi connectivity index (χ3n) is 9.14.